The Kier molecular flexibility index (Phi) is 5.50. The number of likely N-dealkylation sites (tertiary alicyclic amines) is 2. The molecule has 144 valence electrons. The van der Waals surface area contributed by atoms with Gasteiger partial charge < -0.3 is 9.32 Å². The number of amides is 1. The van der Waals surface area contributed by atoms with Gasteiger partial charge in [-0.1, -0.05) is 11.6 Å². The smallest absolute Gasteiger partial charge is 0.226 e. The Morgan fingerprint density at radius 3 is 2.59 bits per heavy atom. The van der Waals surface area contributed by atoms with Gasteiger partial charge in [0.05, 0.1) is 5.69 Å². The van der Waals surface area contributed by atoms with E-state index in [4.69, 9.17) is 21.0 Å². The van der Waals surface area contributed by atoms with Crippen LogP contribution in [-0.4, -0.2) is 46.9 Å². The Morgan fingerprint density at radius 1 is 1.19 bits per heavy atom. The van der Waals surface area contributed by atoms with Gasteiger partial charge in [-0.05, 0) is 69.5 Å². The molecular formula is C21H26ClN3O2. The summed E-state index contributed by atoms with van der Waals surface area (Å²) in [6, 6.07) is 7.57. The molecule has 4 rings (SSSR count). The lowest BCUT2D eigenvalue weighted by Crippen LogP contribution is -2.39. The molecule has 2 fully saturated rings. The summed E-state index contributed by atoms with van der Waals surface area (Å²) in [5, 5.41) is 0.709. The third-order valence-corrected chi connectivity index (χ3v) is 5.97. The van der Waals surface area contributed by atoms with Gasteiger partial charge in [-0.2, -0.15) is 0 Å². The van der Waals surface area contributed by atoms with Crippen molar-refractivity contribution in [3.05, 3.63) is 40.7 Å². The van der Waals surface area contributed by atoms with E-state index in [1.165, 1.54) is 0 Å². The van der Waals surface area contributed by atoms with Crippen molar-refractivity contribution >= 4 is 17.5 Å². The molecule has 1 aromatic carbocycles. The molecular weight excluding hydrogens is 362 g/mol. The highest BCUT2D eigenvalue weighted by Gasteiger charge is 2.27. The van der Waals surface area contributed by atoms with Gasteiger partial charge >= 0.3 is 0 Å². The van der Waals surface area contributed by atoms with E-state index in [2.05, 4.69) is 9.80 Å². The number of carbonyl (C=O) groups is 1. The van der Waals surface area contributed by atoms with Crippen LogP contribution in [-0.2, 0) is 11.3 Å². The van der Waals surface area contributed by atoms with Gasteiger partial charge in [0.2, 0.25) is 11.8 Å². The number of aryl methyl sites for hydroxylation is 1. The summed E-state index contributed by atoms with van der Waals surface area (Å²) in [5.41, 5.74) is 1.95. The summed E-state index contributed by atoms with van der Waals surface area (Å²) in [4.78, 5) is 21.0. The summed E-state index contributed by atoms with van der Waals surface area (Å²) in [5.74, 6) is 2.50. The second-order valence-corrected chi connectivity index (χ2v) is 8.13. The lowest BCUT2D eigenvalue weighted by molar-refractivity contribution is -0.128. The molecule has 2 aromatic rings. The number of hydrogen-bond donors (Lipinski definition) is 0. The molecule has 2 aliphatic rings. The minimum atomic E-state index is 0.338. The Labute approximate surface area is 165 Å². The molecule has 0 unspecified atom stereocenters. The second-order valence-electron chi connectivity index (χ2n) is 7.69. The van der Waals surface area contributed by atoms with Crippen LogP contribution < -0.4 is 0 Å². The first-order valence-electron chi connectivity index (χ1n) is 9.81. The van der Waals surface area contributed by atoms with E-state index < -0.39 is 0 Å². The average Bonchev–Trinajstić information content (AvgIpc) is 3.23. The van der Waals surface area contributed by atoms with E-state index in [0.29, 0.717) is 22.7 Å². The Balaban J connectivity index is 1.32. The van der Waals surface area contributed by atoms with Crippen LogP contribution in [0.5, 0.6) is 0 Å². The highest BCUT2D eigenvalue weighted by molar-refractivity contribution is 6.30. The number of oxazole rings is 1. The molecule has 0 saturated carbocycles. The summed E-state index contributed by atoms with van der Waals surface area (Å²) < 4.78 is 5.88. The molecule has 2 aliphatic heterocycles. The summed E-state index contributed by atoms with van der Waals surface area (Å²) in [6.45, 7) is 6.79. The summed E-state index contributed by atoms with van der Waals surface area (Å²) >= 11 is 5.96. The maximum atomic E-state index is 11.8. The fraction of sp³-hybridized carbons (Fsp3) is 0.524. The highest BCUT2D eigenvalue weighted by atomic mass is 35.5. The summed E-state index contributed by atoms with van der Waals surface area (Å²) in [7, 11) is 0. The van der Waals surface area contributed by atoms with E-state index >= 15 is 0 Å². The third-order valence-electron chi connectivity index (χ3n) is 5.71. The third kappa shape index (κ3) is 4.36. The molecule has 0 radical (unpaired) electrons. The van der Waals surface area contributed by atoms with Crippen molar-refractivity contribution in [2.24, 2.45) is 5.92 Å². The summed E-state index contributed by atoms with van der Waals surface area (Å²) in [6.07, 6.45) is 4.05. The predicted octanol–water partition coefficient (Wildman–Crippen LogP) is 4.14. The van der Waals surface area contributed by atoms with Crippen LogP contribution in [0.2, 0.25) is 5.02 Å². The van der Waals surface area contributed by atoms with Crippen LogP contribution in [0.15, 0.2) is 28.7 Å². The lowest BCUT2D eigenvalue weighted by atomic mass is 9.96. The number of hydrogen-bond acceptors (Lipinski definition) is 4. The van der Waals surface area contributed by atoms with Gasteiger partial charge in [-0.25, -0.2) is 4.98 Å². The number of halogens is 1. The minimum absolute atomic E-state index is 0.338. The van der Waals surface area contributed by atoms with Crippen molar-refractivity contribution in [1.82, 2.24) is 14.8 Å². The molecule has 5 nitrogen and oxygen atoms in total. The van der Waals surface area contributed by atoms with Crippen molar-refractivity contribution in [2.75, 3.05) is 26.2 Å². The monoisotopic (exact) mass is 387 g/mol. The molecule has 1 aromatic heterocycles. The molecule has 0 aliphatic carbocycles. The first kappa shape index (κ1) is 18.5. The molecule has 3 heterocycles. The second kappa shape index (κ2) is 8.03. The molecule has 6 heteroatoms. The SMILES string of the molecule is Cc1oc(-c2ccc(Cl)cc2)nc1CN1CCC(CN2CCCC2=O)CC1. The molecule has 0 N–H and O–H groups in total. The highest BCUT2D eigenvalue weighted by Crippen LogP contribution is 2.26. The first-order chi connectivity index (χ1) is 13.1. The van der Waals surface area contributed by atoms with Crippen molar-refractivity contribution in [1.29, 1.82) is 0 Å². The zero-order valence-electron chi connectivity index (χ0n) is 15.8. The van der Waals surface area contributed by atoms with Crippen LogP contribution >= 0.6 is 11.6 Å². The molecule has 0 spiro atoms. The average molecular weight is 388 g/mol. The van der Waals surface area contributed by atoms with E-state index in [1.807, 2.05) is 31.2 Å². The van der Waals surface area contributed by atoms with Gasteiger partial charge in [-0.3, -0.25) is 9.69 Å². The maximum Gasteiger partial charge on any atom is 0.226 e. The molecule has 27 heavy (non-hydrogen) atoms. The van der Waals surface area contributed by atoms with E-state index in [0.717, 1.165) is 75.4 Å². The largest absolute Gasteiger partial charge is 0.441 e. The van der Waals surface area contributed by atoms with Crippen LogP contribution in [0.3, 0.4) is 0 Å². The Hall–Kier alpha value is -1.85. The number of rotatable bonds is 5. The van der Waals surface area contributed by atoms with E-state index in [9.17, 15) is 4.79 Å². The first-order valence-corrected chi connectivity index (χ1v) is 10.2. The van der Waals surface area contributed by atoms with Gasteiger partial charge in [0.15, 0.2) is 0 Å². The fourth-order valence-electron chi connectivity index (χ4n) is 4.04. The topological polar surface area (TPSA) is 49.6 Å². The normalized spacial score (nSPS) is 19.2. The number of nitrogens with zero attached hydrogens (tertiary/aromatic N) is 3. The standard InChI is InChI=1S/C21H26ClN3O2/c1-15-19(23-21(27-15)17-4-6-18(22)7-5-17)14-24-11-8-16(9-12-24)13-25-10-2-3-20(25)26/h4-7,16H,2-3,8-14H2,1H3. The van der Waals surface area contributed by atoms with Crippen LogP contribution in [0.4, 0.5) is 0 Å². The van der Waals surface area contributed by atoms with Gasteiger partial charge in [0.25, 0.3) is 0 Å². The van der Waals surface area contributed by atoms with Gasteiger partial charge in [-0.15, -0.1) is 0 Å². The van der Waals surface area contributed by atoms with Crippen LogP contribution in [0.25, 0.3) is 11.5 Å². The number of aromatic nitrogens is 1. The number of carbonyl (C=O) groups excluding carboxylic acids is 1. The lowest BCUT2D eigenvalue weighted by Gasteiger charge is -2.33. The number of piperidine rings is 1. The quantitative estimate of drug-likeness (QED) is 0.773. The maximum absolute atomic E-state index is 11.8. The molecule has 0 bridgehead atoms. The van der Waals surface area contributed by atoms with Crippen LogP contribution in [0.1, 0.15) is 37.1 Å². The van der Waals surface area contributed by atoms with Gasteiger partial charge in [0, 0.05) is 36.6 Å². The van der Waals surface area contributed by atoms with Crippen molar-refractivity contribution < 1.29 is 9.21 Å². The molecule has 0 atom stereocenters. The molecule has 2 saturated heterocycles. The zero-order valence-corrected chi connectivity index (χ0v) is 16.5. The predicted molar refractivity (Wildman–Crippen MR) is 106 cm³/mol. The van der Waals surface area contributed by atoms with Crippen molar-refractivity contribution in [2.45, 2.75) is 39.2 Å². The van der Waals surface area contributed by atoms with Crippen LogP contribution in [0, 0.1) is 12.8 Å². The van der Waals surface area contributed by atoms with Crippen molar-refractivity contribution in [3.8, 4) is 11.5 Å². The Bertz CT molecular complexity index is 794. The van der Waals surface area contributed by atoms with Gasteiger partial charge in [0.1, 0.15) is 5.76 Å². The minimum Gasteiger partial charge on any atom is -0.441 e. The Morgan fingerprint density at radius 2 is 1.93 bits per heavy atom. The fourth-order valence-corrected chi connectivity index (χ4v) is 4.16. The zero-order chi connectivity index (χ0) is 18.8. The van der Waals surface area contributed by atoms with Crippen molar-refractivity contribution in [3.63, 3.8) is 0 Å². The molecule has 1 amide bonds. The van der Waals surface area contributed by atoms with E-state index in [1.54, 1.807) is 0 Å². The van der Waals surface area contributed by atoms with E-state index in [-0.39, 0.29) is 0 Å². The number of benzene rings is 1.